The van der Waals surface area contributed by atoms with Crippen molar-refractivity contribution in [3.63, 3.8) is 0 Å². The SMILES string of the molecule is CCc1cnc(CNC(=O)c2ccc(C(=O)O)c(C)n2)s1. The van der Waals surface area contributed by atoms with Gasteiger partial charge in [0.2, 0.25) is 0 Å². The molecule has 2 heterocycles. The number of amides is 1. The summed E-state index contributed by atoms with van der Waals surface area (Å²) < 4.78 is 0. The zero-order valence-electron chi connectivity index (χ0n) is 11.7. The molecule has 0 saturated heterocycles. The monoisotopic (exact) mass is 305 g/mol. The highest BCUT2D eigenvalue weighted by Gasteiger charge is 2.13. The number of carboxylic acids is 1. The van der Waals surface area contributed by atoms with E-state index in [0.717, 1.165) is 11.4 Å². The van der Waals surface area contributed by atoms with E-state index >= 15 is 0 Å². The number of carbonyl (C=O) groups excluding carboxylic acids is 1. The van der Waals surface area contributed by atoms with Gasteiger partial charge in [0.1, 0.15) is 10.7 Å². The molecule has 0 spiro atoms. The van der Waals surface area contributed by atoms with Gasteiger partial charge in [0, 0.05) is 11.1 Å². The van der Waals surface area contributed by atoms with Gasteiger partial charge in [0.25, 0.3) is 5.91 Å². The van der Waals surface area contributed by atoms with Gasteiger partial charge in [-0.2, -0.15) is 0 Å². The third-order valence-corrected chi connectivity index (χ3v) is 4.04. The normalized spacial score (nSPS) is 10.4. The lowest BCUT2D eigenvalue weighted by atomic mass is 10.2. The molecule has 0 bridgehead atoms. The first kappa shape index (κ1) is 15.1. The first-order chi connectivity index (χ1) is 10.0. The molecule has 0 aliphatic heterocycles. The number of thiazole rings is 1. The number of nitrogens with one attached hydrogen (secondary N) is 1. The van der Waals surface area contributed by atoms with Crippen molar-refractivity contribution in [3.05, 3.63) is 45.2 Å². The Morgan fingerprint density at radius 1 is 1.38 bits per heavy atom. The summed E-state index contributed by atoms with van der Waals surface area (Å²) >= 11 is 1.56. The molecule has 2 N–H and O–H groups in total. The summed E-state index contributed by atoms with van der Waals surface area (Å²) in [6, 6.07) is 2.79. The van der Waals surface area contributed by atoms with Crippen molar-refractivity contribution in [1.82, 2.24) is 15.3 Å². The summed E-state index contributed by atoms with van der Waals surface area (Å²) in [5.74, 6) is -1.40. The van der Waals surface area contributed by atoms with E-state index in [0.29, 0.717) is 12.2 Å². The summed E-state index contributed by atoms with van der Waals surface area (Å²) in [6.45, 7) is 3.95. The van der Waals surface area contributed by atoms with Gasteiger partial charge in [-0.25, -0.2) is 14.8 Å². The summed E-state index contributed by atoms with van der Waals surface area (Å²) in [6.07, 6.45) is 2.72. The molecule has 0 atom stereocenters. The quantitative estimate of drug-likeness (QED) is 0.882. The van der Waals surface area contributed by atoms with Gasteiger partial charge < -0.3 is 10.4 Å². The largest absolute Gasteiger partial charge is 0.478 e. The molecule has 21 heavy (non-hydrogen) atoms. The van der Waals surface area contributed by atoms with E-state index in [2.05, 4.69) is 15.3 Å². The first-order valence-electron chi connectivity index (χ1n) is 6.44. The van der Waals surface area contributed by atoms with Gasteiger partial charge in [-0.3, -0.25) is 4.79 Å². The molecule has 0 radical (unpaired) electrons. The van der Waals surface area contributed by atoms with Gasteiger partial charge in [-0.15, -0.1) is 11.3 Å². The molecule has 6 nitrogen and oxygen atoms in total. The van der Waals surface area contributed by atoms with Crippen molar-refractivity contribution >= 4 is 23.2 Å². The number of hydrogen-bond donors (Lipinski definition) is 2. The third-order valence-electron chi connectivity index (χ3n) is 2.90. The van der Waals surface area contributed by atoms with Gasteiger partial charge in [0.15, 0.2) is 0 Å². The molecule has 0 aromatic carbocycles. The maximum Gasteiger partial charge on any atom is 0.337 e. The summed E-state index contributed by atoms with van der Waals surface area (Å²) in [4.78, 5) is 32.3. The van der Waals surface area contributed by atoms with Crippen LogP contribution in [0.4, 0.5) is 0 Å². The zero-order valence-corrected chi connectivity index (χ0v) is 12.5. The van der Waals surface area contributed by atoms with E-state index in [1.807, 2.05) is 6.92 Å². The molecule has 110 valence electrons. The second-order valence-electron chi connectivity index (χ2n) is 4.39. The van der Waals surface area contributed by atoms with Crippen LogP contribution in [0.3, 0.4) is 0 Å². The predicted molar refractivity (Wildman–Crippen MR) is 78.6 cm³/mol. The second-order valence-corrected chi connectivity index (χ2v) is 5.59. The number of pyridine rings is 1. The van der Waals surface area contributed by atoms with E-state index in [-0.39, 0.29) is 17.2 Å². The van der Waals surface area contributed by atoms with Crippen LogP contribution in [0.1, 0.15) is 43.3 Å². The fourth-order valence-electron chi connectivity index (χ4n) is 1.75. The number of carbonyl (C=O) groups is 2. The number of carboxylic acid groups (broad SMARTS) is 1. The average molecular weight is 305 g/mol. The lowest BCUT2D eigenvalue weighted by Crippen LogP contribution is -2.24. The van der Waals surface area contributed by atoms with Crippen LogP contribution in [0.2, 0.25) is 0 Å². The third kappa shape index (κ3) is 3.63. The molecule has 7 heteroatoms. The minimum absolute atomic E-state index is 0.0964. The van der Waals surface area contributed by atoms with Gasteiger partial charge in [0.05, 0.1) is 17.8 Å². The van der Waals surface area contributed by atoms with Crippen LogP contribution in [0.5, 0.6) is 0 Å². The maximum absolute atomic E-state index is 12.0. The number of nitrogens with zero attached hydrogens (tertiary/aromatic N) is 2. The van der Waals surface area contributed by atoms with Gasteiger partial charge >= 0.3 is 5.97 Å². The van der Waals surface area contributed by atoms with Crippen LogP contribution < -0.4 is 5.32 Å². The fourth-order valence-corrected chi connectivity index (χ4v) is 2.56. The Morgan fingerprint density at radius 3 is 2.71 bits per heavy atom. The molecule has 0 aliphatic carbocycles. The topological polar surface area (TPSA) is 92.2 Å². The minimum atomic E-state index is -1.05. The zero-order chi connectivity index (χ0) is 15.4. The smallest absolute Gasteiger partial charge is 0.337 e. The number of aromatic carboxylic acids is 1. The van der Waals surface area contributed by atoms with Crippen LogP contribution in [-0.2, 0) is 13.0 Å². The fraction of sp³-hybridized carbons (Fsp3) is 0.286. The van der Waals surface area contributed by atoms with Crippen molar-refractivity contribution < 1.29 is 14.7 Å². The molecule has 0 unspecified atom stereocenters. The molecule has 2 aromatic rings. The highest BCUT2D eigenvalue weighted by Crippen LogP contribution is 2.13. The average Bonchev–Trinajstić information content (AvgIpc) is 2.92. The lowest BCUT2D eigenvalue weighted by Gasteiger charge is -2.05. The molecular weight excluding hydrogens is 290 g/mol. The number of hydrogen-bond acceptors (Lipinski definition) is 5. The summed E-state index contributed by atoms with van der Waals surface area (Å²) in [5, 5.41) is 12.5. The van der Waals surface area contributed by atoms with Gasteiger partial charge in [-0.05, 0) is 25.5 Å². The van der Waals surface area contributed by atoms with Crippen molar-refractivity contribution in [3.8, 4) is 0 Å². The van der Waals surface area contributed by atoms with Crippen LogP contribution in [0, 0.1) is 6.92 Å². The summed E-state index contributed by atoms with van der Waals surface area (Å²) in [5.41, 5.74) is 0.613. The molecule has 0 fully saturated rings. The van der Waals surface area contributed by atoms with Crippen LogP contribution in [0.15, 0.2) is 18.3 Å². The molecule has 2 rings (SSSR count). The maximum atomic E-state index is 12.0. The van der Waals surface area contributed by atoms with Crippen molar-refractivity contribution in [2.75, 3.05) is 0 Å². The molecule has 2 aromatic heterocycles. The Labute approximate surface area is 125 Å². The van der Waals surface area contributed by atoms with E-state index in [1.54, 1.807) is 24.5 Å². The van der Waals surface area contributed by atoms with E-state index in [4.69, 9.17) is 5.11 Å². The number of aromatic nitrogens is 2. The molecular formula is C14H15N3O3S. The Morgan fingerprint density at radius 2 is 2.14 bits per heavy atom. The van der Waals surface area contributed by atoms with Crippen molar-refractivity contribution in [2.45, 2.75) is 26.8 Å². The Hall–Kier alpha value is -2.28. The Balaban J connectivity index is 2.03. The van der Waals surface area contributed by atoms with E-state index in [1.165, 1.54) is 17.0 Å². The van der Waals surface area contributed by atoms with Crippen LogP contribution in [0.25, 0.3) is 0 Å². The van der Waals surface area contributed by atoms with Gasteiger partial charge in [-0.1, -0.05) is 6.92 Å². The Kier molecular flexibility index (Phi) is 4.64. The minimum Gasteiger partial charge on any atom is -0.478 e. The number of rotatable bonds is 5. The Bertz CT molecular complexity index is 682. The highest BCUT2D eigenvalue weighted by atomic mass is 32.1. The van der Waals surface area contributed by atoms with Crippen LogP contribution >= 0.6 is 11.3 Å². The highest BCUT2D eigenvalue weighted by molar-refractivity contribution is 7.11. The first-order valence-corrected chi connectivity index (χ1v) is 7.25. The van der Waals surface area contributed by atoms with E-state index < -0.39 is 5.97 Å². The van der Waals surface area contributed by atoms with E-state index in [9.17, 15) is 9.59 Å². The summed E-state index contributed by atoms with van der Waals surface area (Å²) in [7, 11) is 0. The number of aryl methyl sites for hydroxylation is 2. The standard InChI is InChI=1S/C14H15N3O3S/c1-3-9-6-15-12(21-9)7-16-13(18)11-5-4-10(14(19)20)8(2)17-11/h4-6H,3,7H2,1-2H3,(H,16,18)(H,19,20). The van der Waals surface area contributed by atoms with Crippen LogP contribution in [-0.4, -0.2) is 27.0 Å². The second kappa shape index (κ2) is 6.45. The van der Waals surface area contributed by atoms with Crippen molar-refractivity contribution in [2.24, 2.45) is 0 Å². The molecule has 0 aliphatic rings. The molecule has 1 amide bonds. The van der Waals surface area contributed by atoms with Crippen molar-refractivity contribution in [1.29, 1.82) is 0 Å². The predicted octanol–water partition coefficient (Wildman–Crippen LogP) is 2.04. The lowest BCUT2D eigenvalue weighted by molar-refractivity contribution is 0.0694. The molecule has 0 saturated carbocycles.